The zero-order valence-corrected chi connectivity index (χ0v) is 11.3. The van der Waals surface area contributed by atoms with Gasteiger partial charge in [0, 0.05) is 5.92 Å². The van der Waals surface area contributed by atoms with Crippen molar-refractivity contribution < 1.29 is 9.84 Å². The van der Waals surface area contributed by atoms with Crippen LogP contribution in [0.5, 0.6) is 5.75 Å². The van der Waals surface area contributed by atoms with Crippen LogP contribution >= 0.6 is 0 Å². The van der Waals surface area contributed by atoms with Crippen molar-refractivity contribution in [2.45, 2.75) is 46.1 Å². The molecule has 2 nitrogen and oxygen atoms in total. The van der Waals surface area contributed by atoms with E-state index >= 15 is 0 Å². The molecule has 2 heteroatoms. The first kappa shape index (κ1) is 14.0. The summed E-state index contributed by atoms with van der Waals surface area (Å²) in [7, 11) is 0. The van der Waals surface area contributed by atoms with Crippen molar-refractivity contribution in [1.29, 1.82) is 0 Å². The van der Waals surface area contributed by atoms with Crippen LogP contribution in [0.2, 0.25) is 0 Å². The number of hydrogen-bond donors (Lipinski definition) is 1. The van der Waals surface area contributed by atoms with Crippen LogP contribution < -0.4 is 4.74 Å². The molecule has 1 aromatic carbocycles. The number of hydrogen-bond acceptors (Lipinski definition) is 2. The summed E-state index contributed by atoms with van der Waals surface area (Å²) in [5, 5.41) is 9.86. The van der Waals surface area contributed by atoms with Gasteiger partial charge in [0.05, 0.1) is 12.7 Å². The molecule has 0 aliphatic carbocycles. The molecule has 17 heavy (non-hydrogen) atoms. The second-order valence-electron chi connectivity index (χ2n) is 4.93. The van der Waals surface area contributed by atoms with Crippen molar-refractivity contribution in [2.24, 2.45) is 5.92 Å². The Morgan fingerprint density at radius 2 is 1.94 bits per heavy atom. The van der Waals surface area contributed by atoms with Crippen LogP contribution in [0.1, 0.15) is 45.6 Å². The van der Waals surface area contributed by atoms with Gasteiger partial charge in [-0.05, 0) is 37.0 Å². The molecule has 0 bridgehead atoms. The molecule has 0 aliphatic rings. The fraction of sp³-hybridized carbons (Fsp3) is 0.600. The second-order valence-corrected chi connectivity index (χ2v) is 4.93. The van der Waals surface area contributed by atoms with Gasteiger partial charge in [-0.25, -0.2) is 0 Å². The lowest BCUT2D eigenvalue weighted by molar-refractivity contribution is 0.140. The Morgan fingerprint density at radius 1 is 1.24 bits per heavy atom. The van der Waals surface area contributed by atoms with Crippen LogP contribution in [0, 0.1) is 5.92 Å². The Kier molecular flexibility index (Phi) is 5.49. The summed E-state index contributed by atoms with van der Waals surface area (Å²) in [6, 6.07) is 8.08. The van der Waals surface area contributed by atoms with E-state index in [0.29, 0.717) is 5.92 Å². The minimum Gasteiger partial charge on any atom is -0.494 e. The highest BCUT2D eigenvalue weighted by atomic mass is 16.5. The smallest absolute Gasteiger partial charge is 0.119 e. The molecule has 96 valence electrons. The molecular formula is C15H24O2. The highest BCUT2D eigenvalue weighted by molar-refractivity contribution is 5.31. The average molecular weight is 236 g/mol. The Bertz CT molecular complexity index is 323. The predicted molar refractivity (Wildman–Crippen MR) is 71.5 cm³/mol. The third-order valence-corrected chi connectivity index (χ3v) is 2.95. The molecule has 1 aromatic rings. The molecular weight excluding hydrogens is 212 g/mol. The van der Waals surface area contributed by atoms with E-state index in [1.165, 1.54) is 0 Å². The molecule has 0 fully saturated rings. The van der Waals surface area contributed by atoms with Gasteiger partial charge in [0.25, 0.3) is 0 Å². The monoisotopic (exact) mass is 236 g/mol. The van der Waals surface area contributed by atoms with Gasteiger partial charge in [-0.2, -0.15) is 0 Å². The maximum Gasteiger partial charge on any atom is 0.119 e. The first-order valence-electron chi connectivity index (χ1n) is 6.47. The summed E-state index contributed by atoms with van der Waals surface area (Å²) < 4.78 is 5.62. The van der Waals surface area contributed by atoms with Crippen LogP contribution in [0.15, 0.2) is 24.3 Å². The van der Waals surface area contributed by atoms with Crippen molar-refractivity contribution in [1.82, 2.24) is 0 Å². The predicted octanol–water partition coefficient (Wildman–Crippen LogP) is 3.60. The fourth-order valence-electron chi connectivity index (χ4n) is 2.25. The first-order valence-corrected chi connectivity index (χ1v) is 6.47. The van der Waals surface area contributed by atoms with Crippen molar-refractivity contribution in [3.05, 3.63) is 29.8 Å². The Balaban J connectivity index is 2.88. The summed E-state index contributed by atoms with van der Waals surface area (Å²) >= 11 is 0. The van der Waals surface area contributed by atoms with Crippen molar-refractivity contribution >= 4 is 0 Å². The largest absolute Gasteiger partial charge is 0.494 e. The summed E-state index contributed by atoms with van der Waals surface area (Å²) in [5.74, 6) is 1.48. The average Bonchev–Trinajstić information content (AvgIpc) is 2.26. The molecule has 0 heterocycles. The van der Waals surface area contributed by atoms with E-state index < -0.39 is 0 Å². The third-order valence-electron chi connectivity index (χ3n) is 2.95. The quantitative estimate of drug-likeness (QED) is 0.817. The normalized spacial score (nSPS) is 14.7. The molecule has 0 saturated heterocycles. The fourth-order valence-corrected chi connectivity index (χ4v) is 2.25. The van der Waals surface area contributed by atoms with Crippen LogP contribution in [0.3, 0.4) is 0 Å². The van der Waals surface area contributed by atoms with E-state index in [4.69, 9.17) is 4.74 Å². The highest BCUT2D eigenvalue weighted by Gasteiger charge is 2.21. The van der Waals surface area contributed by atoms with Crippen LogP contribution in [-0.4, -0.2) is 17.8 Å². The van der Waals surface area contributed by atoms with E-state index in [1.807, 2.05) is 25.1 Å². The second kappa shape index (κ2) is 6.65. The summed E-state index contributed by atoms with van der Waals surface area (Å²) in [5.41, 5.74) is 1.16. The number of aliphatic hydroxyl groups is 1. The van der Waals surface area contributed by atoms with Crippen molar-refractivity contribution in [3.8, 4) is 5.75 Å². The molecule has 1 N–H and O–H groups in total. The number of ether oxygens (including phenoxy) is 1. The Hall–Kier alpha value is -1.02. The molecule has 0 spiro atoms. The number of benzene rings is 1. The molecule has 2 unspecified atom stereocenters. The Labute approximate surface area is 105 Å². The Morgan fingerprint density at radius 3 is 2.47 bits per heavy atom. The first-order chi connectivity index (χ1) is 8.06. The highest BCUT2D eigenvalue weighted by Crippen LogP contribution is 2.30. The lowest BCUT2D eigenvalue weighted by Crippen LogP contribution is -2.20. The molecule has 0 aliphatic heterocycles. The van der Waals surface area contributed by atoms with Gasteiger partial charge in [0.15, 0.2) is 0 Å². The van der Waals surface area contributed by atoms with Crippen LogP contribution in [-0.2, 0) is 0 Å². The zero-order valence-electron chi connectivity index (χ0n) is 11.3. The van der Waals surface area contributed by atoms with E-state index in [1.54, 1.807) is 0 Å². The molecule has 0 saturated carbocycles. The molecule has 2 atom stereocenters. The van der Waals surface area contributed by atoms with Crippen LogP contribution in [0.4, 0.5) is 0 Å². The van der Waals surface area contributed by atoms with E-state index in [-0.39, 0.29) is 12.0 Å². The van der Waals surface area contributed by atoms with Gasteiger partial charge in [0.2, 0.25) is 0 Å². The standard InChI is InChI=1S/C15H24O2/c1-5-9-17-14-8-6-7-13(10-14)15(11(2)3)12(4)16/h6-8,10-12,15-16H,5,9H2,1-4H3. The van der Waals surface area contributed by atoms with Gasteiger partial charge in [0.1, 0.15) is 5.75 Å². The minimum atomic E-state index is -0.337. The number of aliphatic hydroxyl groups excluding tert-OH is 1. The van der Waals surface area contributed by atoms with E-state index in [0.717, 1.165) is 24.3 Å². The topological polar surface area (TPSA) is 29.5 Å². The zero-order chi connectivity index (χ0) is 12.8. The van der Waals surface area contributed by atoms with Gasteiger partial charge in [-0.15, -0.1) is 0 Å². The third kappa shape index (κ3) is 4.04. The maximum atomic E-state index is 9.86. The van der Waals surface area contributed by atoms with E-state index in [9.17, 15) is 5.11 Å². The van der Waals surface area contributed by atoms with Crippen molar-refractivity contribution in [2.75, 3.05) is 6.61 Å². The molecule has 0 aromatic heterocycles. The lowest BCUT2D eigenvalue weighted by atomic mass is 9.84. The van der Waals surface area contributed by atoms with Gasteiger partial charge in [-0.1, -0.05) is 32.9 Å². The maximum absolute atomic E-state index is 9.86. The van der Waals surface area contributed by atoms with Crippen molar-refractivity contribution in [3.63, 3.8) is 0 Å². The molecule has 1 rings (SSSR count). The summed E-state index contributed by atoms with van der Waals surface area (Å²) in [4.78, 5) is 0. The van der Waals surface area contributed by atoms with Gasteiger partial charge in [-0.3, -0.25) is 0 Å². The summed E-state index contributed by atoms with van der Waals surface area (Å²) in [6.45, 7) is 8.96. The minimum absolute atomic E-state index is 0.167. The number of rotatable bonds is 6. The SMILES string of the molecule is CCCOc1cccc(C(C(C)C)C(C)O)c1. The van der Waals surface area contributed by atoms with Gasteiger partial charge < -0.3 is 9.84 Å². The molecule has 0 radical (unpaired) electrons. The summed E-state index contributed by atoms with van der Waals surface area (Å²) in [6.07, 6.45) is 0.672. The van der Waals surface area contributed by atoms with Gasteiger partial charge >= 0.3 is 0 Å². The van der Waals surface area contributed by atoms with Crippen LogP contribution in [0.25, 0.3) is 0 Å². The molecule has 0 amide bonds. The lowest BCUT2D eigenvalue weighted by Gasteiger charge is -2.24. The van der Waals surface area contributed by atoms with E-state index in [2.05, 4.69) is 26.8 Å².